The van der Waals surface area contributed by atoms with E-state index < -0.39 is 0 Å². The Balaban J connectivity index is 2.39. The first-order chi connectivity index (χ1) is 7.72. The van der Waals surface area contributed by atoms with Crippen LogP contribution in [0.1, 0.15) is 18.0 Å². The van der Waals surface area contributed by atoms with E-state index in [1.165, 1.54) is 17.4 Å². The monoisotopic (exact) mass is 236 g/mol. The lowest BCUT2D eigenvalue weighted by Gasteiger charge is -2.02. The predicted octanol–water partition coefficient (Wildman–Crippen LogP) is 1.17. The van der Waals surface area contributed by atoms with Gasteiger partial charge in [0.1, 0.15) is 5.01 Å². The molecule has 0 bridgehead atoms. The standard InChI is InChI=1S/C10H12N4OS/c1-6(11-2)9-13-14-10(16-9)7-5-12-4-3-8(7)15/h3-6,11H,1-2H3,(H,12,15). The van der Waals surface area contributed by atoms with Crippen molar-refractivity contribution in [1.82, 2.24) is 20.5 Å². The number of aromatic nitrogens is 3. The van der Waals surface area contributed by atoms with Gasteiger partial charge >= 0.3 is 0 Å². The molecule has 2 aromatic heterocycles. The van der Waals surface area contributed by atoms with Gasteiger partial charge in [0.25, 0.3) is 0 Å². The van der Waals surface area contributed by atoms with Crippen LogP contribution in [-0.4, -0.2) is 22.2 Å². The Labute approximate surface area is 96.6 Å². The SMILES string of the molecule is CNC(C)c1nnc(-c2c[nH]ccc2=O)s1. The van der Waals surface area contributed by atoms with Gasteiger partial charge in [-0.15, -0.1) is 10.2 Å². The Morgan fingerprint density at radius 2 is 2.31 bits per heavy atom. The smallest absolute Gasteiger partial charge is 0.191 e. The first-order valence-electron chi connectivity index (χ1n) is 4.90. The second-order valence-electron chi connectivity index (χ2n) is 3.38. The summed E-state index contributed by atoms with van der Waals surface area (Å²) in [4.78, 5) is 14.4. The second-order valence-corrected chi connectivity index (χ2v) is 4.39. The number of nitrogens with one attached hydrogen (secondary N) is 2. The van der Waals surface area contributed by atoms with Gasteiger partial charge in [0.15, 0.2) is 10.4 Å². The molecule has 0 fully saturated rings. The van der Waals surface area contributed by atoms with Crippen molar-refractivity contribution in [2.45, 2.75) is 13.0 Å². The van der Waals surface area contributed by atoms with E-state index >= 15 is 0 Å². The first-order valence-corrected chi connectivity index (χ1v) is 5.72. The fourth-order valence-corrected chi connectivity index (χ4v) is 2.15. The van der Waals surface area contributed by atoms with Gasteiger partial charge < -0.3 is 10.3 Å². The second kappa shape index (κ2) is 4.54. The van der Waals surface area contributed by atoms with Crippen LogP contribution in [0.5, 0.6) is 0 Å². The Hall–Kier alpha value is -1.53. The van der Waals surface area contributed by atoms with Crippen LogP contribution in [0.3, 0.4) is 0 Å². The van der Waals surface area contributed by atoms with E-state index in [-0.39, 0.29) is 11.5 Å². The van der Waals surface area contributed by atoms with Gasteiger partial charge in [0.2, 0.25) is 0 Å². The maximum Gasteiger partial charge on any atom is 0.191 e. The van der Waals surface area contributed by atoms with Gasteiger partial charge in [-0.05, 0) is 14.0 Å². The fourth-order valence-electron chi connectivity index (χ4n) is 1.23. The number of pyridine rings is 1. The molecule has 6 heteroatoms. The molecule has 84 valence electrons. The van der Waals surface area contributed by atoms with Gasteiger partial charge in [0.05, 0.1) is 11.6 Å². The van der Waals surface area contributed by atoms with Crippen molar-refractivity contribution < 1.29 is 0 Å². The van der Waals surface area contributed by atoms with E-state index in [1.54, 1.807) is 12.4 Å². The van der Waals surface area contributed by atoms with Crippen molar-refractivity contribution in [3.05, 3.63) is 33.7 Å². The molecule has 2 heterocycles. The van der Waals surface area contributed by atoms with Crippen LogP contribution in [0.4, 0.5) is 0 Å². The third-order valence-corrected chi connectivity index (χ3v) is 3.44. The summed E-state index contributed by atoms with van der Waals surface area (Å²) < 4.78 is 0. The lowest BCUT2D eigenvalue weighted by Crippen LogP contribution is -2.11. The maximum absolute atomic E-state index is 11.6. The van der Waals surface area contributed by atoms with Crippen molar-refractivity contribution in [2.24, 2.45) is 0 Å². The average Bonchev–Trinajstić information content (AvgIpc) is 2.78. The average molecular weight is 236 g/mol. The van der Waals surface area contributed by atoms with Crippen LogP contribution in [0.25, 0.3) is 10.6 Å². The van der Waals surface area contributed by atoms with Crippen LogP contribution >= 0.6 is 11.3 Å². The minimum atomic E-state index is -0.0430. The molecule has 0 spiro atoms. The quantitative estimate of drug-likeness (QED) is 0.839. The molecule has 2 aromatic rings. The molecule has 0 aliphatic rings. The van der Waals surface area contributed by atoms with E-state index in [1.807, 2.05) is 14.0 Å². The Bertz CT molecular complexity index is 533. The van der Waals surface area contributed by atoms with Gasteiger partial charge in [-0.2, -0.15) is 0 Å². The summed E-state index contributed by atoms with van der Waals surface area (Å²) in [5.41, 5.74) is 0.521. The molecule has 0 radical (unpaired) electrons. The molecule has 2 rings (SSSR count). The van der Waals surface area contributed by atoms with E-state index in [4.69, 9.17) is 0 Å². The number of hydrogen-bond acceptors (Lipinski definition) is 5. The molecule has 0 saturated heterocycles. The molecule has 16 heavy (non-hydrogen) atoms. The molecule has 1 unspecified atom stereocenters. The normalized spacial score (nSPS) is 12.6. The summed E-state index contributed by atoms with van der Waals surface area (Å²) in [6.45, 7) is 2.00. The maximum atomic E-state index is 11.6. The van der Waals surface area contributed by atoms with E-state index in [0.717, 1.165) is 5.01 Å². The predicted molar refractivity (Wildman–Crippen MR) is 63.4 cm³/mol. The molecule has 0 saturated carbocycles. The highest BCUT2D eigenvalue weighted by Crippen LogP contribution is 2.23. The van der Waals surface area contributed by atoms with Crippen molar-refractivity contribution in [2.75, 3.05) is 7.05 Å². The largest absolute Gasteiger partial charge is 0.367 e. The van der Waals surface area contributed by atoms with E-state index in [0.29, 0.717) is 10.6 Å². The third kappa shape index (κ3) is 2.02. The molecule has 0 amide bonds. The lowest BCUT2D eigenvalue weighted by molar-refractivity contribution is 0.640. The van der Waals surface area contributed by atoms with Gasteiger partial charge in [-0.3, -0.25) is 4.79 Å². The number of nitrogens with zero attached hydrogens (tertiary/aromatic N) is 2. The van der Waals surface area contributed by atoms with Crippen LogP contribution < -0.4 is 10.7 Å². The van der Waals surface area contributed by atoms with Crippen LogP contribution in [0, 0.1) is 0 Å². The van der Waals surface area contributed by atoms with E-state index in [2.05, 4.69) is 20.5 Å². The summed E-state index contributed by atoms with van der Waals surface area (Å²) in [7, 11) is 1.86. The zero-order valence-corrected chi connectivity index (χ0v) is 9.84. The number of aromatic amines is 1. The minimum Gasteiger partial charge on any atom is -0.367 e. The molecular weight excluding hydrogens is 224 g/mol. The zero-order valence-electron chi connectivity index (χ0n) is 9.02. The minimum absolute atomic E-state index is 0.0430. The highest BCUT2D eigenvalue weighted by atomic mass is 32.1. The number of rotatable bonds is 3. The number of hydrogen-bond donors (Lipinski definition) is 2. The Morgan fingerprint density at radius 1 is 1.50 bits per heavy atom. The van der Waals surface area contributed by atoms with Crippen LogP contribution in [-0.2, 0) is 0 Å². The van der Waals surface area contributed by atoms with Gasteiger partial charge in [-0.1, -0.05) is 11.3 Å². The summed E-state index contributed by atoms with van der Waals surface area (Å²) >= 11 is 1.43. The fraction of sp³-hybridized carbons (Fsp3) is 0.300. The highest BCUT2D eigenvalue weighted by Gasteiger charge is 2.12. The zero-order chi connectivity index (χ0) is 11.5. The molecular formula is C10H12N4OS. The van der Waals surface area contributed by atoms with Gasteiger partial charge in [0, 0.05) is 18.5 Å². The highest BCUT2D eigenvalue weighted by molar-refractivity contribution is 7.14. The van der Waals surface area contributed by atoms with E-state index in [9.17, 15) is 4.79 Å². The van der Waals surface area contributed by atoms with Crippen molar-refractivity contribution in [1.29, 1.82) is 0 Å². The van der Waals surface area contributed by atoms with Crippen molar-refractivity contribution in [3.63, 3.8) is 0 Å². The topological polar surface area (TPSA) is 70.7 Å². The molecule has 1 atom stereocenters. The first kappa shape index (κ1) is 11.0. The Morgan fingerprint density at radius 3 is 3.00 bits per heavy atom. The molecule has 0 aromatic carbocycles. The lowest BCUT2D eigenvalue weighted by atomic mass is 10.3. The summed E-state index contributed by atoms with van der Waals surface area (Å²) in [6.07, 6.45) is 3.25. The van der Waals surface area contributed by atoms with Crippen molar-refractivity contribution in [3.8, 4) is 10.6 Å². The van der Waals surface area contributed by atoms with Crippen LogP contribution in [0.2, 0.25) is 0 Å². The number of H-pyrrole nitrogens is 1. The summed E-state index contributed by atoms with van der Waals surface area (Å²) in [6, 6.07) is 1.63. The van der Waals surface area contributed by atoms with Crippen molar-refractivity contribution >= 4 is 11.3 Å². The molecule has 0 aliphatic carbocycles. The third-order valence-electron chi connectivity index (χ3n) is 2.30. The summed E-state index contributed by atoms with van der Waals surface area (Å²) in [5, 5.41) is 12.7. The summed E-state index contributed by atoms with van der Waals surface area (Å²) in [5.74, 6) is 0. The van der Waals surface area contributed by atoms with Gasteiger partial charge in [-0.25, -0.2) is 0 Å². The Kier molecular flexibility index (Phi) is 3.12. The molecule has 2 N–H and O–H groups in total. The van der Waals surface area contributed by atoms with Crippen LogP contribution in [0.15, 0.2) is 23.3 Å². The molecule has 5 nitrogen and oxygen atoms in total. The molecule has 0 aliphatic heterocycles.